The number of fused-ring (bicyclic) bond motifs is 1. The third-order valence-corrected chi connectivity index (χ3v) is 4.59. The molecule has 0 amide bonds. The van der Waals surface area contributed by atoms with Gasteiger partial charge in [0.1, 0.15) is 18.0 Å². The van der Waals surface area contributed by atoms with Gasteiger partial charge in [0.2, 0.25) is 0 Å². The number of benzene rings is 3. The predicted octanol–water partition coefficient (Wildman–Crippen LogP) is 5.29. The topological polar surface area (TPSA) is 84.0 Å². The second-order valence-electron chi connectivity index (χ2n) is 6.12. The summed E-state index contributed by atoms with van der Waals surface area (Å²) >= 11 is 5.88. The van der Waals surface area contributed by atoms with Crippen LogP contribution in [0.25, 0.3) is 22.0 Å². The van der Waals surface area contributed by atoms with E-state index in [0.717, 1.165) is 27.7 Å². The lowest BCUT2D eigenvalue weighted by atomic mass is 10.0. The van der Waals surface area contributed by atoms with E-state index in [0.29, 0.717) is 11.5 Å². The van der Waals surface area contributed by atoms with Crippen LogP contribution >= 0.6 is 11.6 Å². The minimum atomic E-state index is -0.457. The van der Waals surface area contributed by atoms with E-state index in [2.05, 4.69) is 32.7 Å². The van der Waals surface area contributed by atoms with Gasteiger partial charge in [-0.05, 0) is 53.6 Å². The SMILES string of the molecule is CNc1cccc(-c2ccc3ncnc(Nc4ccc(F)c(Cl)c4)c3c2)c1.O=C=O. The van der Waals surface area contributed by atoms with Gasteiger partial charge >= 0.3 is 6.15 Å². The van der Waals surface area contributed by atoms with Gasteiger partial charge < -0.3 is 10.6 Å². The van der Waals surface area contributed by atoms with Crippen LogP contribution in [0.1, 0.15) is 0 Å². The van der Waals surface area contributed by atoms with E-state index in [1.807, 2.05) is 37.4 Å². The van der Waals surface area contributed by atoms with Gasteiger partial charge in [-0.3, -0.25) is 0 Å². The molecule has 4 aromatic rings. The molecule has 0 atom stereocenters. The van der Waals surface area contributed by atoms with Crippen LogP contribution in [0.3, 0.4) is 0 Å². The molecule has 0 bridgehead atoms. The molecule has 0 spiro atoms. The van der Waals surface area contributed by atoms with Crippen molar-refractivity contribution in [3.63, 3.8) is 0 Å². The summed E-state index contributed by atoms with van der Waals surface area (Å²) in [7, 11) is 1.89. The van der Waals surface area contributed by atoms with E-state index < -0.39 is 5.82 Å². The smallest absolute Gasteiger partial charge is 0.373 e. The molecule has 2 N–H and O–H groups in total. The van der Waals surface area contributed by atoms with E-state index in [4.69, 9.17) is 21.2 Å². The van der Waals surface area contributed by atoms with Gasteiger partial charge in [0, 0.05) is 23.8 Å². The van der Waals surface area contributed by atoms with Crippen LogP contribution in [0.15, 0.2) is 67.0 Å². The molecule has 4 rings (SSSR count). The molecule has 3 aromatic carbocycles. The molecule has 0 aliphatic heterocycles. The fourth-order valence-corrected chi connectivity index (χ4v) is 3.08. The monoisotopic (exact) mass is 422 g/mol. The second-order valence-corrected chi connectivity index (χ2v) is 6.53. The highest BCUT2D eigenvalue weighted by molar-refractivity contribution is 6.31. The molecule has 8 heteroatoms. The van der Waals surface area contributed by atoms with Crippen molar-refractivity contribution in [3.8, 4) is 11.1 Å². The van der Waals surface area contributed by atoms with Crippen molar-refractivity contribution >= 4 is 45.8 Å². The number of rotatable bonds is 4. The van der Waals surface area contributed by atoms with E-state index in [-0.39, 0.29) is 11.2 Å². The fraction of sp³-hybridized carbons (Fsp3) is 0.0455. The van der Waals surface area contributed by atoms with Crippen LogP contribution in [-0.4, -0.2) is 23.2 Å². The third kappa shape index (κ3) is 4.78. The van der Waals surface area contributed by atoms with Gasteiger partial charge in [-0.2, -0.15) is 9.59 Å². The second kappa shape index (κ2) is 9.60. The molecule has 0 saturated heterocycles. The Kier molecular flexibility index (Phi) is 6.70. The van der Waals surface area contributed by atoms with Crippen LogP contribution < -0.4 is 10.6 Å². The van der Waals surface area contributed by atoms with Gasteiger partial charge in [-0.1, -0.05) is 29.8 Å². The van der Waals surface area contributed by atoms with Crippen LogP contribution in [0, 0.1) is 5.82 Å². The van der Waals surface area contributed by atoms with E-state index >= 15 is 0 Å². The summed E-state index contributed by atoms with van der Waals surface area (Å²) in [4.78, 5) is 24.9. The Morgan fingerprint density at radius 3 is 2.43 bits per heavy atom. The Balaban J connectivity index is 0.000000806. The molecule has 150 valence electrons. The molecule has 1 aromatic heterocycles. The lowest BCUT2D eigenvalue weighted by Crippen LogP contribution is -1.97. The molecule has 0 aliphatic carbocycles. The van der Waals surface area contributed by atoms with Crippen molar-refractivity contribution in [1.29, 1.82) is 0 Å². The molecule has 0 aliphatic rings. The van der Waals surface area contributed by atoms with Crippen molar-refractivity contribution in [3.05, 3.63) is 77.8 Å². The quantitative estimate of drug-likeness (QED) is 0.465. The molecular weight excluding hydrogens is 407 g/mol. The maximum Gasteiger partial charge on any atom is 0.373 e. The van der Waals surface area contributed by atoms with Crippen LogP contribution in [-0.2, 0) is 9.59 Å². The van der Waals surface area contributed by atoms with Gasteiger partial charge in [0.05, 0.1) is 10.5 Å². The van der Waals surface area contributed by atoms with Crippen molar-refractivity contribution < 1.29 is 14.0 Å². The van der Waals surface area contributed by atoms with Gasteiger partial charge in [-0.25, -0.2) is 14.4 Å². The maximum atomic E-state index is 13.4. The molecule has 0 saturated carbocycles. The first-order valence-electron chi connectivity index (χ1n) is 8.80. The molecule has 30 heavy (non-hydrogen) atoms. The van der Waals surface area contributed by atoms with Gasteiger partial charge in [0.15, 0.2) is 0 Å². The predicted molar refractivity (Wildman–Crippen MR) is 114 cm³/mol. The Bertz CT molecular complexity index is 1230. The molecule has 0 fully saturated rings. The molecule has 6 nitrogen and oxygen atoms in total. The Hall–Kier alpha value is -3.80. The summed E-state index contributed by atoms with van der Waals surface area (Å²) in [6.45, 7) is 0. The third-order valence-electron chi connectivity index (χ3n) is 4.30. The Labute approximate surface area is 176 Å². The first-order valence-corrected chi connectivity index (χ1v) is 9.18. The van der Waals surface area contributed by atoms with Crippen molar-refractivity contribution in [2.24, 2.45) is 0 Å². The summed E-state index contributed by atoms with van der Waals surface area (Å²) in [5, 5.41) is 7.27. The zero-order valence-electron chi connectivity index (χ0n) is 15.8. The zero-order chi connectivity index (χ0) is 21.5. The average Bonchev–Trinajstić information content (AvgIpc) is 2.77. The number of carbonyl (C=O) groups excluding carboxylic acids is 2. The number of nitrogens with one attached hydrogen (secondary N) is 2. The fourth-order valence-electron chi connectivity index (χ4n) is 2.90. The first kappa shape index (κ1) is 20.9. The number of hydrogen-bond acceptors (Lipinski definition) is 6. The largest absolute Gasteiger partial charge is 0.388 e. The highest BCUT2D eigenvalue weighted by Crippen LogP contribution is 2.30. The number of halogens is 2. The van der Waals surface area contributed by atoms with Gasteiger partial charge in [-0.15, -0.1) is 0 Å². The van der Waals surface area contributed by atoms with Crippen molar-refractivity contribution in [2.75, 3.05) is 17.7 Å². The normalized spacial score (nSPS) is 9.97. The highest BCUT2D eigenvalue weighted by Gasteiger charge is 2.08. The summed E-state index contributed by atoms with van der Waals surface area (Å²) in [5.41, 5.74) is 4.65. The lowest BCUT2D eigenvalue weighted by Gasteiger charge is -2.11. The average molecular weight is 423 g/mol. The van der Waals surface area contributed by atoms with E-state index in [9.17, 15) is 4.39 Å². The van der Waals surface area contributed by atoms with Crippen molar-refractivity contribution in [2.45, 2.75) is 0 Å². The Morgan fingerprint density at radius 2 is 1.70 bits per heavy atom. The molecular formula is C22H16ClFN4O2. The number of anilines is 3. The molecule has 1 heterocycles. The molecule has 0 radical (unpaired) electrons. The number of nitrogens with zero attached hydrogens (tertiary/aromatic N) is 2. The minimum Gasteiger partial charge on any atom is -0.388 e. The summed E-state index contributed by atoms with van der Waals surface area (Å²) < 4.78 is 13.4. The van der Waals surface area contributed by atoms with Crippen LogP contribution in [0.2, 0.25) is 5.02 Å². The summed E-state index contributed by atoms with van der Waals surface area (Å²) in [6.07, 6.45) is 1.75. The highest BCUT2D eigenvalue weighted by atomic mass is 35.5. The van der Waals surface area contributed by atoms with Crippen LogP contribution in [0.5, 0.6) is 0 Å². The van der Waals surface area contributed by atoms with Gasteiger partial charge in [0.25, 0.3) is 0 Å². The molecule has 0 unspecified atom stereocenters. The van der Waals surface area contributed by atoms with E-state index in [1.165, 1.54) is 18.5 Å². The Morgan fingerprint density at radius 1 is 0.933 bits per heavy atom. The van der Waals surface area contributed by atoms with Crippen molar-refractivity contribution in [1.82, 2.24) is 9.97 Å². The lowest BCUT2D eigenvalue weighted by molar-refractivity contribution is -0.191. The standard InChI is InChI=1S/C21H16ClFN4.CO2/c1-24-15-4-2-3-13(9-15)14-5-8-20-17(10-14)21(26-12-25-20)27-16-6-7-19(23)18(22)11-16;2-1-3/h2-12,24H,1H3,(H,25,26,27);. The first-order chi connectivity index (χ1) is 14.5. The zero-order valence-corrected chi connectivity index (χ0v) is 16.6. The minimum absolute atomic E-state index is 0.0583. The summed E-state index contributed by atoms with van der Waals surface area (Å²) in [6, 6.07) is 18.7. The van der Waals surface area contributed by atoms with E-state index in [1.54, 1.807) is 6.07 Å². The number of hydrogen-bond donors (Lipinski definition) is 2. The summed E-state index contributed by atoms with van der Waals surface area (Å²) in [5.74, 6) is 0.177. The number of aromatic nitrogens is 2. The maximum absolute atomic E-state index is 13.4. The van der Waals surface area contributed by atoms with Crippen LogP contribution in [0.4, 0.5) is 21.6 Å².